The van der Waals surface area contributed by atoms with Crippen molar-refractivity contribution in [2.24, 2.45) is 5.73 Å². The number of hydrogen-bond donors (Lipinski definition) is 2. The van der Waals surface area contributed by atoms with Crippen LogP contribution >= 0.6 is 11.3 Å². The first kappa shape index (κ1) is 16.9. The van der Waals surface area contributed by atoms with Gasteiger partial charge >= 0.3 is 6.18 Å². The molecule has 3 aromatic rings. The van der Waals surface area contributed by atoms with Gasteiger partial charge in [-0.1, -0.05) is 6.07 Å². The van der Waals surface area contributed by atoms with Crippen molar-refractivity contribution in [3.05, 3.63) is 59.2 Å². The maximum absolute atomic E-state index is 12.7. The predicted octanol–water partition coefficient (Wildman–Crippen LogP) is 4.07. The van der Waals surface area contributed by atoms with Crippen LogP contribution in [0.4, 0.5) is 24.0 Å². The molecular weight excluding hydrogens is 353 g/mol. The Morgan fingerprint density at radius 3 is 2.64 bits per heavy atom. The van der Waals surface area contributed by atoms with Gasteiger partial charge in [-0.15, -0.1) is 11.3 Å². The summed E-state index contributed by atoms with van der Waals surface area (Å²) >= 11 is 1.24. The van der Waals surface area contributed by atoms with Crippen LogP contribution in [0, 0.1) is 0 Å². The Morgan fingerprint density at radius 1 is 1.20 bits per heavy atom. The number of amides is 1. The standard InChI is InChI=1S/C16H11F3N4OS/c17-16(18,19)10-2-1-3-11(6-10)22-15-23-13(8-25-15)9-4-5-12(14(20)24)21-7-9/h1-8H,(H2,20,24)(H,22,23). The van der Waals surface area contributed by atoms with Gasteiger partial charge in [0, 0.05) is 22.8 Å². The molecule has 0 saturated heterocycles. The Bertz CT molecular complexity index is 906. The third-order valence-electron chi connectivity index (χ3n) is 3.26. The van der Waals surface area contributed by atoms with Crippen molar-refractivity contribution >= 4 is 28.1 Å². The second-order valence-electron chi connectivity index (χ2n) is 5.04. The minimum Gasteiger partial charge on any atom is -0.364 e. The first-order chi connectivity index (χ1) is 11.8. The molecule has 0 atom stereocenters. The topological polar surface area (TPSA) is 80.9 Å². The average molecular weight is 364 g/mol. The summed E-state index contributed by atoms with van der Waals surface area (Å²) in [6.07, 6.45) is -2.94. The molecule has 0 saturated carbocycles. The Balaban J connectivity index is 1.79. The summed E-state index contributed by atoms with van der Waals surface area (Å²) in [6, 6.07) is 8.01. The van der Waals surface area contributed by atoms with Gasteiger partial charge in [0.2, 0.25) is 0 Å². The zero-order chi connectivity index (χ0) is 18.0. The highest BCUT2D eigenvalue weighted by atomic mass is 32.1. The van der Waals surface area contributed by atoms with E-state index in [1.165, 1.54) is 35.7 Å². The number of nitrogens with one attached hydrogen (secondary N) is 1. The lowest BCUT2D eigenvalue weighted by Crippen LogP contribution is -2.12. The number of alkyl halides is 3. The number of carbonyl (C=O) groups excluding carboxylic acids is 1. The maximum atomic E-state index is 12.7. The zero-order valence-corrected chi connectivity index (χ0v) is 13.4. The molecule has 2 aromatic heterocycles. The number of pyridine rings is 1. The van der Waals surface area contributed by atoms with Crippen LogP contribution in [-0.4, -0.2) is 15.9 Å². The lowest BCUT2D eigenvalue weighted by atomic mass is 10.2. The molecule has 5 nitrogen and oxygen atoms in total. The van der Waals surface area contributed by atoms with E-state index in [2.05, 4.69) is 15.3 Å². The summed E-state index contributed by atoms with van der Waals surface area (Å²) in [5.41, 5.74) is 6.08. The van der Waals surface area contributed by atoms with Crippen molar-refractivity contribution in [3.63, 3.8) is 0 Å². The largest absolute Gasteiger partial charge is 0.416 e. The molecule has 3 N–H and O–H groups in total. The fraction of sp³-hybridized carbons (Fsp3) is 0.0625. The van der Waals surface area contributed by atoms with Crippen LogP contribution < -0.4 is 11.1 Å². The summed E-state index contributed by atoms with van der Waals surface area (Å²) in [4.78, 5) is 19.3. The van der Waals surface area contributed by atoms with Gasteiger partial charge in [-0.05, 0) is 30.3 Å². The number of anilines is 2. The van der Waals surface area contributed by atoms with Gasteiger partial charge in [0.15, 0.2) is 5.13 Å². The quantitative estimate of drug-likeness (QED) is 0.731. The summed E-state index contributed by atoms with van der Waals surface area (Å²) in [7, 11) is 0. The monoisotopic (exact) mass is 364 g/mol. The summed E-state index contributed by atoms with van der Waals surface area (Å²) in [6.45, 7) is 0. The molecule has 2 heterocycles. The highest BCUT2D eigenvalue weighted by Gasteiger charge is 2.30. The van der Waals surface area contributed by atoms with Crippen molar-refractivity contribution in [3.8, 4) is 11.3 Å². The number of thiazole rings is 1. The average Bonchev–Trinajstić information content (AvgIpc) is 3.03. The Kier molecular flexibility index (Phi) is 4.41. The van der Waals surface area contributed by atoms with Crippen molar-refractivity contribution in [2.45, 2.75) is 6.18 Å². The number of nitrogens with zero attached hydrogens (tertiary/aromatic N) is 2. The maximum Gasteiger partial charge on any atom is 0.416 e. The van der Waals surface area contributed by atoms with Crippen LogP contribution in [0.15, 0.2) is 48.0 Å². The number of carbonyl (C=O) groups is 1. The molecule has 0 bridgehead atoms. The van der Waals surface area contributed by atoms with Crippen LogP contribution in [0.3, 0.4) is 0 Å². The molecule has 0 aliphatic heterocycles. The number of primary amides is 1. The van der Waals surface area contributed by atoms with Gasteiger partial charge in [-0.2, -0.15) is 13.2 Å². The minimum atomic E-state index is -4.40. The molecule has 0 radical (unpaired) electrons. The van der Waals surface area contributed by atoms with Gasteiger partial charge in [-0.25, -0.2) is 4.98 Å². The van der Waals surface area contributed by atoms with Crippen LogP contribution in [0.2, 0.25) is 0 Å². The molecule has 3 rings (SSSR count). The van der Waals surface area contributed by atoms with E-state index in [-0.39, 0.29) is 11.4 Å². The van der Waals surface area contributed by atoms with Crippen molar-refractivity contribution in [1.29, 1.82) is 0 Å². The lowest BCUT2D eigenvalue weighted by molar-refractivity contribution is -0.137. The Morgan fingerprint density at radius 2 is 2.00 bits per heavy atom. The highest BCUT2D eigenvalue weighted by molar-refractivity contribution is 7.14. The fourth-order valence-electron chi connectivity index (χ4n) is 2.05. The first-order valence-corrected chi connectivity index (χ1v) is 7.87. The van der Waals surface area contributed by atoms with E-state index in [0.717, 1.165) is 12.1 Å². The Hall–Kier alpha value is -2.94. The predicted molar refractivity (Wildman–Crippen MR) is 88.6 cm³/mol. The van der Waals surface area contributed by atoms with Gasteiger partial charge in [0.25, 0.3) is 5.91 Å². The Labute approximate surface area is 144 Å². The summed E-state index contributed by atoms with van der Waals surface area (Å²) in [5.74, 6) is -0.628. The molecule has 0 fully saturated rings. The molecule has 0 aliphatic carbocycles. The minimum absolute atomic E-state index is 0.140. The SMILES string of the molecule is NC(=O)c1ccc(-c2csc(Nc3cccc(C(F)(F)F)c3)n2)cn1. The molecule has 128 valence electrons. The lowest BCUT2D eigenvalue weighted by Gasteiger charge is -2.08. The highest BCUT2D eigenvalue weighted by Crippen LogP contribution is 2.32. The van der Waals surface area contributed by atoms with Gasteiger partial charge in [-0.3, -0.25) is 9.78 Å². The third-order valence-corrected chi connectivity index (χ3v) is 4.01. The number of benzene rings is 1. The van der Waals surface area contributed by atoms with E-state index in [9.17, 15) is 18.0 Å². The molecule has 9 heteroatoms. The van der Waals surface area contributed by atoms with Crippen molar-refractivity contribution in [1.82, 2.24) is 9.97 Å². The molecule has 1 aromatic carbocycles. The van der Waals surface area contributed by atoms with E-state index >= 15 is 0 Å². The fourth-order valence-corrected chi connectivity index (χ4v) is 2.79. The molecule has 25 heavy (non-hydrogen) atoms. The summed E-state index contributed by atoms with van der Waals surface area (Å²) in [5, 5.41) is 5.02. The second kappa shape index (κ2) is 6.52. The van der Waals surface area contributed by atoms with Crippen LogP contribution in [0.1, 0.15) is 16.1 Å². The van der Waals surface area contributed by atoms with Gasteiger partial charge in [0.1, 0.15) is 5.69 Å². The molecular formula is C16H11F3N4OS. The normalized spacial score (nSPS) is 11.3. The third kappa shape index (κ3) is 3.94. The molecule has 0 spiro atoms. The second-order valence-corrected chi connectivity index (χ2v) is 5.90. The number of halogens is 3. The zero-order valence-electron chi connectivity index (χ0n) is 12.5. The molecule has 0 unspecified atom stereocenters. The summed E-state index contributed by atoms with van der Waals surface area (Å²) < 4.78 is 38.2. The van der Waals surface area contributed by atoms with E-state index in [4.69, 9.17) is 5.73 Å². The van der Waals surface area contributed by atoms with Crippen LogP contribution in [0.5, 0.6) is 0 Å². The van der Waals surface area contributed by atoms with Crippen LogP contribution in [0.25, 0.3) is 11.3 Å². The number of hydrogen-bond acceptors (Lipinski definition) is 5. The smallest absolute Gasteiger partial charge is 0.364 e. The molecule has 1 amide bonds. The van der Waals surface area contributed by atoms with E-state index < -0.39 is 17.6 Å². The van der Waals surface area contributed by atoms with E-state index in [0.29, 0.717) is 16.4 Å². The van der Waals surface area contributed by atoms with Crippen molar-refractivity contribution < 1.29 is 18.0 Å². The number of rotatable bonds is 4. The van der Waals surface area contributed by atoms with Gasteiger partial charge < -0.3 is 11.1 Å². The number of aromatic nitrogens is 2. The first-order valence-electron chi connectivity index (χ1n) is 6.99. The van der Waals surface area contributed by atoms with Gasteiger partial charge in [0.05, 0.1) is 11.3 Å². The van der Waals surface area contributed by atoms with E-state index in [1.807, 2.05) is 0 Å². The number of nitrogens with two attached hydrogens (primary N) is 1. The van der Waals surface area contributed by atoms with E-state index in [1.54, 1.807) is 11.4 Å². The van der Waals surface area contributed by atoms with Crippen molar-refractivity contribution in [2.75, 3.05) is 5.32 Å². The van der Waals surface area contributed by atoms with Crippen LogP contribution in [-0.2, 0) is 6.18 Å². The molecule has 0 aliphatic rings.